The van der Waals surface area contributed by atoms with E-state index < -0.39 is 0 Å². The third-order valence-electron chi connectivity index (χ3n) is 1.64. The predicted octanol–water partition coefficient (Wildman–Crippen LogP) is 2.03. The van der Waals surface area contributed by atoms with Crippen LogP contribution in [0, 0.1) is 0 Å². The van der Waals surface area contributed by atoms with Crippen molar-refractivity contribution in [3.8, 4) is 0 Å². The van der Waals surface area contributed by atoms with E-state index in [1.165, 1.54) is 0 Å². The van der Waals surface area contributed by atoms with Gasteiger partial charge in [-0.3, -0.25) is 0 Å². The molecule has 1 rings (SSSR count). The average molecular weight is 200 g/mol. The maximum absolute atomic E-state index is 5.46. The standard InChI is InChI=1S/C9H16N2OS/c1-8(2)12-7-6-11-5-4-10-9(11)13-3/h4-5,8H,6-7H2,1-3H3. The van der Waals surface area contributed by atoms with Gasteiger partial charge in [0.15, 0.2) is 5.16 Å². The molecule has 1 heterocycles. The second-order valence-corrected chi connectivity index (χ2v) is 3.80. The topological polar surface area (TPSA) is 27.1 Å². The Morgan fingerprint density at radius 1 is 1.62 bits per heavy atom. The van der Waals surface area contributed by atoms with Crippen molar-refractivity contribution in [2.24, 2.45) is 0 Å². The smallest absolute Gasteiger partial charge is 0.167 e. The fourth-order valence-corrected chi connectivity index (χ4v) is 1.60. The molecular formula is C9H16N2OS. The molecule has 0 saturated heterocycles. The minimum atomic E-state index is 0.307. The molecule has 0 aliphatic rings. The van der Waals surface area contributed by atoms with Crippen LogP contribution in [-0.2, 0) is 11.3 Å². The molecule has 0 atom stereocenters. The summed E-state index contributed by atoms with van der Waals surface area (Å²) in [4.78, 5) is 4.20. The molecule has 0 saturated carbocycles. The number of thioether (sulfide) groups is 1. The lowest BCUT2D eigenvalue weighted by Gasteiger charge is -2.09. The summed E-state index contributed by atoms with van der Waals surface area (Å²) in [6.07, 6.45) is 6.14. The molecule has 4 heteroatoms. The van der Waals surface area contributed by atoms with Crippen LogP contribution in [0.25, 0.3) is 0 Å². The van der Waals surface area contributed by atoms with Gasteiger partial charge in [-0.2, -0.15) is 0 Å². The summed E-state index contributed by atoms with van der Waals surface area (Å²) in [5.41, 5.74) is 0. The van der Waals surface area contributed by atoms with E-state index >= 15 is 0 Å². The van der Waals surface area contributed by atoms with Crippen molar-refractivity contribution in [1.82, 2.24) is 9.55 Å². The van der Waals surface area contributed by atoms with Crippen molar-refractivity contribution in [2.45, 2.75) is 31.7 Å². The predicted molar refractivity (Wildman–Crippen MR) is 55.1 cm³/mol. The normalized spacial score (nSPS) is 11.1. The maximum Gasteiger partial charge on any atom is 0.167 e. The minimum Gasteiger partial charge on any atom is -0.377 e. The first-order chi connectivity index (χ1) is 6.24. The van der Waals surface area contributed by atoms with Gasteiger partial charge in [-0.15, -0.1) is 0 Å². The first-order valence-corrected chi connectivity index (χ1v) is 5.63. The summed E-state index contributed by atoms with van der Waals surface area (Å²) >= 11 is 1.66. The van der Waals surface area contributed by atoms with E-state index in [0.29, 0.717) is 6.10 Å². The molecule has 1 aromatic heterocycles. The Bertz CT molecular complexity index is 248. The van der Waals surface area contributed by atoms with Crippen molar-refractivity contribution in [3.05, 3.63) is 12.4 Å². The van der Waals surface area contributed by atoms with Crippen molar-refractivity contribution >= 4 is 11.8 Å². The first kappa shape index (κ1) is 10.6. The highest BCUT2D eigenvalue weighted by atomic mass is 32.2. The van der Waals surface area contributed by atoms with E-state index in [2.05, 4.69) is 9.55 Å². The second-order valence-electron chi connectivity index (χ2n) is 3.03. The van der Waals surface area contributed by atoms with Gasteiger partial charge in [-0.05, 0) is 20.1 Å². The molecule has 74 valence electrons. The second kappa shape index (κ2) is 5.29. The van der Waals surface area contributed by atoms with Gasteiger partial charge in [0.1, 0.15) is 0 Å². The quantitative estimate of drug-likeness (QED) is 0.680. The van der Waals surface area contributed by atoms with E-state index in [1.54, 1.807) is 11.8 Å². The number of hydrogen-bond acceptors (Lipinski definition) is 3. The fourth-order valence-electron chi connectivity index (χ4n) is 1.04. The third kappa shape index (κ3) is 3.40. The monoisotopic (exact) mass is 200 g/mol. The molecule has 0 aliphatic heterocycles. The molecule has 0 radical (unpaired) electrons. The van der Waals surface area contributed by atoms with Crippen LogP contribution in [0.1, 0.15) is 13.8 Å². The molecule has 3 nitrogen and oxygen atoms in total. The Morgan fingerprint density at radius 3 is 3.00 bits per heavy atom. The highest BCUT2D eigenvalue weighted by Crippen LogP contribution is 2.10. The van der Waals surface area contributed by atoms with Crippen molar-refractivity contribution in [1.29, 1.82) is 0 Å². The highest BCUT2D eigenvalue weighted by Gasteiger charge is 2.00. The molecule has 0 aliphatic carbocycles. The van der Waals surface area contributed by atoms with Crippen LogP contribution in [0.15, 0.2) is 17.6 Å². The Hall–Kier alpha value is -0.480. The van der Waals surface area contributed by atoms with Gasteiger partial charge < -0.3 is 9.30 Å². The molecule has 0 N–H and O–H groups in total. The summed E-state index contributed by atoms with van der Waals surface area (Å²) in [6.45, 7) is 5.72. The fraction of sp³-hybridized carbons (Fsp3) is 0.667. The van der Waals surface area contributed by atoms with Gasteiger partial charge in [-0.25, -0.2) is 4.98 Å². The zero-order valence-corrected chi connectivity index (χ0v) is 9.17. The van der Waals surface area contributed by atoms with Crippen LogP contribution in [0.2, 0.25) is 0 Å². The van der Waals surface area contributed by atoms with Gasteiger partial charge in [0.25, 0.3) is 0 Å². The van der Waals surface area contributed by atoms with E-state index in [4.69, 9.17) is 4.74 Å². The van der Waals surface area contributed by atoms with E-state index in [1.807, 2.05) is 32.5 Å². The van der Waals surface area contributed by atoms with E-state index in [9.17, 15) is 0 Å². The van der Waals surface area contributed by atoms with Gasteiger partial charge in [0.2, 0.25) is 0 Å². The van der Waals surface area contributed by atoms with Crippen LogP contribution >= 0.6 is 11.8 Å². The summed E-state index contributed by atoms with van der Waals surface area (Å²) in [6, 6.07) is 0. The number of rotatable bonds is 5. The molecule has 0 bridgehead atoms. The lowest BCUT2D eigenvalue weighted by atomic mass is 10.5. The lowest BCUT2D eigenvalue weighted by Crippen LogP contribution is -2.10. The number of ether oxygens (including phenoxy) is 1. The molecular weight excluding hydrogens is 184 g/mol. The van der Waals surface area contributed by atoms with E-state index in [-0.39, 0.29) is 0 Å². The third-order valence-corrected chi connectivity index (χ3v) is 2.35. The SMILES string of the molecule is CSc1nccn1CCOC(C)C. The summed E-state index contributed by atoms with van der Waals surface area (Å²) in [7, 11) is 0. The summed E-state index contributed by atoms with van der Waals surface area (Å²) in [5, 5.41) is 1.05. The maximum atomic E-state index is 5.46. The molecule has 1 aromatic rings. The lowest BCUT2D eigenvalue weighted by molar-refractivity contribution is 0.0715. The highest BCUT2D eigenvalue weighted by molar-refractivity contribution is 7.98. The van der Waals surface area contributed by atoms with Crippen LogP contribution in [0.3, 0.4) is 0 Å². The number of nitrogens with zero attached hydrogens (tertiary/aromatic N) is 2. The van der Waals surface area contributed by atoms with Gasteiger partial charge in [-0.1, -0.05) is 11.8 Å². The van der Waals surface area contributed by atoms with Crippen LogP contribution in [0.4, 0.5) is 0 Å². The van der Waals surface area contributed by atoms with Crippen molar-refractivity contribution < 1.29 is 4.74 Å². The Morgan fingerprint density at radius 2 is 2.38 bits per heavy atom. The van der Waals surface area contributed by atoms with Crippen LogP contribution in [-0.4, -0.2) is 28.5 Å². The number of imidazole rings is 1. The first-order valence-electron chi connectivity index (χ1n) is 4.40. The Kier molecular flexibility index (Phi) is 4.32. The van der Waals surface area contributed by atoms with Gasteiger partial charge in [0, 0.05) is 18.9 Å². The zero-order valence-electron chi connectivity index (χ0n) is 8.36. The molecule has 0 fully saturated rings. The molecule has 0 aromatic carbocycles. The average Bonchev–Trinajstić information content (AvgIpc) is 2.51. The van der Waals surface area contributed by atoms with Crippen molar-refractivity contribution in [2.75, 3.05) is 12.9 Å². The molecule has 0 amide bonds. The van der Waals surface area contributed by atoms with E-state index in [0.717, 1.165) is 18.3 Å². The molecule has 0 spiro atoms. The Balaban J connectivity index is 2.36. The van der Waals surface area contributed by atoms with Crippen molar-refractivity contribution in [3.63, 3.8) is 0 Å². The van der Waals surface area contributed by atoms with Gasteiger partial charge in [0.05, 0.1) is 12.7 Å². The number of hydrogen-bond donors (Lipinski definition) is 0. The minimum absolute atomic E-state index is 0.307. The molecule has 13 heavy (non-hydrogen) atoms. The van der Waals surface area contributed by atoms with Crippen LogP contribution in [0.5, 0.6) is 0 Å². The summed E-state index contributed by atoms with van der Waals surface area (Å²) in [5.74, 6) is 0. The van der Waals surface area contributed by atoms with Crippen LogP contribution < -0.4 is 0 Å². The largest absolute Gasteiger partial charge is 0.377 e. The summed E-state index contributed by atoms with van der Waals surface area (Å²) < 4.78 is 7.56. The zero-order chi connectivity index (χ0) is 9.68. The molecule has 0 unspecified atom stereocenters. The Labute approximate surface area is 83.5 Å². The van der Waals surface area contributed by atoms with Gasteiger partial charge >= 0.3 is 0 Å². The number of aromatic nitrogens is 2.